The van der Waals surface area contributed by atoms with E-state index in [1.54, 1.807) is 26.8 Å². The molecular formula is C16H26FN3O3. The molecular weight excluding hydrogens is 301 g/mol. The molecule has 0 bridgehead atoms. The van der Waals surface area contributed by atoms with Gasteiger partial charge >= 0.3 is 0 Å². The van der Waals surface area contributed by atoms with Gasteiger partial charge in [-0.3, -0.25) is 9.78 Å². The summed E-state index contributed by atoms with van der Waals surface area (Å²) in [6, 6.07) is 1.16. The zero-order valence-electron chi connectivity index (χ0n) is 14.2. The Morgan fingerprint density at radius 1 is 1.35 bits per heavy atom. The van der Waals surface area contributed by atoms with Crippen LogP contribution in [0.4, 0.5) is 10.1 Å². The number of alkyl halides is 1. The second kappa shape index (κ2) is 6.80. The second-order valence-electron chi connectivity index (χ2n) is 6.89. The van der Waals surface area contributed by atoms with Crippen molar-refractivity contribution in [1.29, 1.82) is 0 Å². The summed E-state index contributed by atoms with van der Waals surface area (Å²) in [5.41, 5.74) is 3.44. The SMILES string of the molecule is C[C@H](Nc1ccnc(C[C@@H](F)C(C)(C)O)c1C(N)=O)C(C)(C)O. The van der Waals surface area contributed by atoms with Crippen LogP contribution in [0.5, 0.6) is 0 Å². The van der Waals surface area contributed by atoms with E-state index in [-0.39, 0.29) is 23.7 Å². The molecule has 5 N–H and O–H groups in total. The average molecular weight is 327 g/mol. The number of nitrogens with one attached hydrogen (secondary N) is 1. The van der Waals surface area contributed by atoms with Gasteiger partial charge in [0, 0.05) is 12.6 Å². The molecule has 0 aliphatic rings. The number of amides is 1. The van der Waals surface area contributed by atoms with Crippen molar-refractivity contribution in [3.8, 4) is 0 Å². The van der Waals surface area contributed by atoms with Crippen LogP contribution >= 0.6 is 0 Å². The molecule has 0 saturated heterocycles. The number of pyridine rings is 1. The lowest BCUT2D eigenvalue weighted by Crippen LogP contribution is -2.40. The van der Waals surface area contributed by atoms with E-state index in [9.17, 15) is 19.4 Å². The number of hydrogen-bond acceptors (Lipinski definition) is 5. The number of aliphatic hydroxyl groups is 2. The van der Waals surface area contributed by atoms with Crippen molar-refractivity contribution in [3.05, 3.63) is 23.5 Å². The van der Waals surface area contributed by atoms with Gasteiger partial charge in [0.05, 0.1) is 34.2 Å². The molecule has 1 amide bonds. The molecule has 130 valence electrons. The zero-order valence-corrected chi connectivity index (χ0v) is 14.2. The number of carbonyl (C=O) groups excluding carboxylic acids is 1. The highest BCUT2D eigenvalue weighted by Gasteiger charge is 2.30. The minimum Gasteiger partial charge on any atom is -0.388 e. The summed E-state index contributed by atoms with van der Waals surface area (Å²) in [7, 11) is 0. The molecule has 0 fully saturated rings. The summed E-state index contributed by atoms with van der Waals surface area (Å²) in [6.07, 6.45) is -0.415. The van der Waals surface area contributed by atoms with Crippen LogP contribution in [-0.2, 0) is 6.42 Å². The smallest absolute Gasteiger partial charge is 0.252 e. The predicted octanol–water partition coefficient (Wildman–Crippen LogP) is 1.40. The first-order valence-corrected chi connectivity index (χ1v) is 7.47. The molecule has 0 spiro atoms. The van der Waals surface area contributed by atoms with Crippen molar-refractivity contribution in [3.63, 3.8) is 0 Å². The number of hydrogen-bond donors (Lipinski definition) is 4. The van der Waals surface area contributed by atoms with Crippen LogP contribution < -0.4 is 11.1 Å². The van der Waals surface area contributed by atoms with Gasteiger partial charge in [-0.25, -0.2) is 4.39 Å². The van der Waals surface area contributed by atoms with Crippen molar-refractivity contribution in [1.82, 2.24) is 4.98 Å². The zero-order chi connectivity index (χ0) is 18.0. The lowest BCUT2D eigenvalue weighted by molar-refractivity contribution is -0.00307. The number of carbonyl (C=O) groups is 1. The van der Waals surface area contributed by atoms with Crippen molar-refractivity contribution in [2.24, 2.45) is 5.73 Å². The number of anilines is 1. The van der Waals surface area contributed by atoms with Crippen molar-refractivity contribution < 1.29 is 19.4 Å². The number of nitrogens with two attached hydrogens (primary N) is 1. The van der Waals surface area contributed by atoms with Gasteiger partial charge < -0.3 is 21.3 Å². The number of nitrogens with zero attached hydrogens (tertiary/aromatic N) is 1. The van der Waals surface area contributed by atoms with Crippen LogP contribution in [0.25, 0.3) is 0 Å². The van der Waals surface area contributed by atoms with E-state index in [2.05, 4.69) is 10.3 Å². The van der Waals surface area contributed by atoms with Gasteiger partial charge in [0.25, 0.3) is 5.91 Å². The third kappa shape index (κ3) is 5.14. The molecule has 0 saturated carbocycles. The Balaban J connectivity index is 3.20. The first kappa shape index (κ1) is 19.3. The summed E-state index contributed by atoms with van der Waals surface area (Å²) in [4.78, 5) is 15.8. The van der Waals surface area contributed by atoms with Gasteiger partial charge in [0.1, 0.15) is 6.17 Å². The van der Waals surface area contributed by atoms with Gasteiger partial charge in [0.2, 0.25) is 0 Å². The maximum atomic E-state index is 14.1. The standard InChI is InChI=1S/C16H26FN3O3/c1-9(15(2,3)22)20-10-6-7-19-11(13(10)14(18)21)8-12(17)16(4,5)23/h6-7,9,12,22-23H,8H2,1-5H3,(H2,18,21)(H,19,20)/t9-,12+/m0/s1. The van der Waals surface area contributed by atoms with Crippen LogP contribution in [0.3, 0.4) is 0 Å². The Kier molecular flexibility index (Phi) is 5.71. The fourth-order valence-electron chi connectivity index (χ4n) is 1.88. The summed E-state index contributed by atoms with van der Waals surface area (Å²) >= 11 is 0. The maximum absolute atomic E-state index is 14.1. The van der Waals surface area contributed by atoms with Crippen LogP contribution in [0, 0.1) is 0 Å². The van der Waals surface area contributed by atoms with E-state index >= 15 is 0 Å². The molecule has 2 atom stereocenters. The number of primary amides is 1. The van der Waals surface area contributed by atoms with E-state index < -0.39 is 23.3 Å². The molecule has 1 rings (SSSR count). The van der Waals surface area contributed by atoms with Crippen molar-refractivity contribution >= 4 is 11.6 Å². The Bertz CT molecular complexity index is 524. The van der Waals surface area contributed by atoms with Crippen LogP contribution in [0.15, 0.2) is 12.3 Å². The molecule has 6 nitrogen and oxygen atoms in total. The molecule has 1 heterocycles. The van der Waals surface area contributed by atoms with Gasteiger partial charge in [-0.15, -0.1) is 0 Å². The van der Waals surface area contributed by atoms with E-state index in [0.29, 0.717) is 5.69 Å². The quantitative estimate of drug-likeness (QED) is 0.605. The third-order valence-corrected chi connectivity index (χ3v) is 3.85. The minimum atomic E-state index is -1.60. The van der Waals surface area contributed by atoms with Crippen molar-refractivity contribution in [2.45, 2.75) is 64.5 Å². The fourth-order valence-corrected chi connectivity index (χ4v) is 1.88. The molecule has 7 heteroatoms. The lowest BCUT2D eigenvalue weighted by Gasteiger charge is -2.29. The fraction of sp³-hybridized carbons (Fsp3) is 0.625. The monoisotopic (exact) mass is 327 g/mol. The third-order valence-electron chi connectivity index (χ3n) is 3.85. The Hall–Kier alpha value is -1.73. The largest absolute Gasteiger partial charge is 0.388 e. The summed E-state index contributed by atoms with van der Waals surface area (Å²) in [5, 5.41) is 22.8. The van der Waals surface area contributed by atoms with E-state index in [1.165, 1.54) is 20.0 Å². The Labute approximate surface area is 135 Å². The molecule has 0 aliphatic heterocycles. The normalized spacial score (nSPS) is 15.1. The van der Waals surface area contributed by atoms with E-state index in [0.717, 1.165) is 0 Å². The summed E-state index contributed by atoms with van der Waals surface area (Å²) in [6.45, 7) is 7.70. The summed E-state index contributed by atoms with van der Waals surface area (Å²) < 4.78 is 14.1. The highest BCUT2D eigenvalue weighted by molar-refractivity contribution is 5.99. The highest BCUT2D eigenvalue weighted by atomic mass is 19.1. The number of rotatable bonds is 7. The summed E-state index contributed by atoms with van der Waals surface area (Å²) in [5.74, 6) is -0.749. The molecule has 1 aromatic heterocycles. The molecule has 0 aliphatic carbocycles. The molecule has 23 heavy (non-hydrogen) atoms. The van der Waals surface area contributed by atoms with Crippen LogP contribution in [-0.4, -0.2) is 44.5 Å². The van der Waals surface area contributed by atoms with Crippen molar-refractivity contribution in [2.75, 3.05) is 5.32 Å². The van der Waals surface area contributed by atoms with E-state index in [4.69, 9.17) is 5.73 Å². The topological polar surface area (TPSA) is 108 Å². The number of halogens is 1. The van der Waals surface area contributed by atoms with Crippen LogP contribution in [0.2, 0.25) is 0 Å². The first-order valence-electron chi connectivity index (χ1n) is 7.47. The molecule has 1 aromatic rings. The lowest BCUT2D eigenvalue weighted by atomic mass is 9.95. The van der Waals surface area contributed by atoms with Gasteiger partial charge in [-0.2, -0.15) is 0 Å². The molecule has 0 radical (unpaired) electrons. The molecule has 0 unspecified atom stereocenters. The molecule has 0 aromatic carbocycles. The first-order chi connectivity index (χ1) is 10.3. The Morgan fingerprint density at radius 3 is 2.35 bits per heavy atom. The van der Waals surface area contributed by atoms with Gasteiger partial charge in [-0.1, -0.05) is 0 Å². The van der Waals surface area contributed by atoms with E-state index in [1.807, 2.05) is 0 Å². The predicted molar refractivity (Wildman–Crippen MR) is 87.0 cm³/mol. The second-order valence-corrected chi connectivity index (χ2v) is 6.89. The Morgan fingerprint density at radius 2 is 1.91 bits per heavy atom. The van der Waals surface area contributed by atoms with Crippen LogP contribution in [0.1, 0.15) is 50.7 Å². The van der Waals surface area contributed by atoms with Gasteiger partial charge in [0.15, 0.2) is 0 Å². The average Bonchev–Trinajstić information content (AvgIpc) is 2.36. The minimum absolute atomic E-state index is 0.0653. The van der Waals surface area contributed by atoms with Gasteiger partial charge in [-0.05, 0) is 40.7 Å². The highest BCUT2D eigenvalue weighted by Crippen LogP contribution is 2.25. The number of aromatic nitrogens is 1. The maximum Gasteiger partial charge on any atom is 0.252 e.